The zero-order valence-corrected chi connectivity index (χ0v) is 11.4. The van der Waals surface area contributed by atoms with Crippen molar-refractivity contribution in [3.63, 3.8) is 0 Å². The number of rotatable bonds is 6. The van der Waals surface area contributed by atoms with Crippen molar-refractivity contribution in [3.05, 3.63) is 22.7 Å². The van der Waals surface area contributed by atoms with E-state index >= 15 is 0 Å². The molecule has 0 radical (unpaired) electrons. The van der Waals surface area contributed by atoms with Crippen molar-refractivity contribution >= 4 is 17.5 Å². The van der Waals surface area contributed by atoms with Gasteiger partial charge in [0, 0.05) is 30.2 Å². The summed E-state index contributed by atoms with van der Waals surface area (Å²) >= 11 is 5.98. The molecular weight excluding hydrogens is 256 g/mol. The highest BCUT2D eigenvalue weighted by Gasteiger charge is 2.13. The summed E-state index contributed by atoms with van der Waals surface area (Å²) in [5, 5.41) is 6.06. The van der Waals surface area contributed by atoms with Gasteiger partial charge in [-0.1, -0.05) is 11.6 Å². The van der Waals surface area contributed by atoms with E-state index in [4.69, 9.17) is 21.1 Å². The summed E-state index contributed by atoms with van der Waals surface area (Å²) < 4.78 is 10.7. The number of nitrogens with one attached hydrogen (secondary N) is 2. The standard InChI is InChI=1S/C12H17ClN2O3/c1-14-6-8-4-9(13)5-10(17-3)12(8)18-7-11(16)15-2/h4-5,14H,6-7H2,1-3H3,(H,15,16). The van der Waals surface area contributed by atoms with Crippen molar-refractivity contribution in [2.75, 3.05) is 27.8 Å². The van der Waals surface area contributed by atoms with E-state index in [9.17, 15) is 4.79 Å². The van der Waals surface area contributed by atoms with Gasteiger partial charge in [0.05, 0.1) is 7.11 Å². The van der Waals surface area contributed by atoms with Crippen LogP contribution < -0.4 is 20.1 Å². The number of halogens is 1. The number of hydrogen-bond acceptors (Lipinski definition) is 4. The minimum Gasteiger partial charge on any atom is -0.493 e. The fraction of sp³-hybridized carbons (Fsp3) is 0.417. The van der Waals surface area contributed by atoms with Gasteiger partial charge in [0.1, 0.15) is 0 Å². The molecule has 1 rings (SSSR count). The van der Waals surface area contributed by atoms with Gasteiger partial charge in [0.15, 0.2) is 18.1 Å². The second kappa shape index (κ2) is 7.08. The first-order valence-corrected chi connectivity index (χ1v) is 5.84. The van der Waals surface area contributed by atoms with Crippen LogP contribution in [-0.2, 0) is 11.3 Å². The van der Waals surface area contributed by atoms with Gasteiger partial charge < -0.3 is 20.1 Å². The predicted molar refractivity (Wildman–Crippen MR) is 70.3 cm³/mol. The molecule has 0 atom stereocenters. The molecule has 0 bridgehead atoms. The average Bonchev–Trinajstić information content (AvgIpc) is 2.36. The van der Waals surface area contributed by atoms with Crippen molar-refractivity contribution < 1.29 is 14.3 Å². The lowest BCUT2D eigenvalue weighted by atomic mass is 10.2. The van der Waals surface area contributed by atoms with Crippen molar-refractivity contribution in [1.29, 1.82) is 0 Å². The molecule has 0 aliphatic rings. The molecule has 0 aromatic heterocycles. The first kappa shape index (κ1) is 14.6. The predicted octanol–water partition coefficient (Wildman–Crippen LogP) is 1.19. The SMILES string of the molecule is CNCc1cc(Cl)cc(OC)c1OCC(=O)NC. The molecule has 1 aromatic rings. The lowest BCUT2D eigenvalue weighted by Gasteiger charge is -2.15. The molecule has 18 heavy (non-hydrogen) atoms. The number of methoxy groups -OCH3 is 1. The molecule has 0 saturated heterocycles. The lowest BCUT2D eigenvalue weighted by molar-refractivity contribution is -0.122. The first-order valence-electron chi connectivity index (χ1n) is 5.46. The Morgan fingerprint density at radius 2 is 2.11 bits per heavy atom. The summed E-state index contributed by atoms with van der Waals surface area (Å²) in [7, 11) is 4.90. The van der Waals surface area contributed by atoms with Crippen LogP contribution in [0.1, 0.15) is 5.56 Å². The Bertz CT molecular complexity index is 424. The molecule has 0 aliphatic carbocycles. The van der Waals surface area contributed by atoms with Gasteiger partial charge in [-0.2, -0.15) is 0 Å². The third kappa shape index (κ3) is 3.78. The summed E-state index contributed by atoms with van der Waals surface area (Å²) in [5.74, 6) is 0.832. The normalized spacial score (nSPS) is 10.0. The Balaban J connectivity index is 3.00. The number of likely N-dealkylation sites (N-methyl/N-ethyl adjacent to an activating group) is 1. The van der Waals surface area contributed by atoms with E-state index in [1.54, 1.807) is 19.2 Å². The van der Waals surface area contributed by atoms with Gasteiger partial charge in [-0.25, -0.2) is 0 Å². The summed E-state index contributed by atoms with van der Waals surface area (Å²) in [6.07, 6.45) is 0. The van der Waals surface area contributed by atoms with E-state index < -0.39 is 0 Å². The maximum atomic E-state index is 11.2. The molecule has 0 aliphatic heterocycles. The fourth-order valence-corrected chi connectivity index (χ4v) is 1.70. The summed E-state index contributed by atoms with van der Waals surface area (Å²) in [6, 6.07) is 3.43. The number of hydrogen-bond donors (Lipinski definition) is 2. The molecule has 0 spiro atoms. The van der Waals surface area contributed by atoms with Crippen LogP contribution in [0.3, 0.4) is 0 Å². The molecule has 0 saturated carbocycles. The molecule has 6 heteroatoms. The molecule has 0 fully saturated rings. The van der Waals surface area contributed by atoms with Gasteiger partial charge in [-0.3, -0.25) is 4.79 Å². The molecule has 100 valence electrons. The molecule has 2 N–H and O–H groups in total. The van der Waals surface area contributed by atoms with Crippen LogP contribution in [0.5, 0.6) is 11.5 Å². The van der Waals surface area contributed by atoms with E-state index in [2.05, 4.69) is 10.6 Å². The largest absolute Gasteiger partial charge is 0.493 e. The van der Waals surface area contributed by atoms with Crippen LogP contribution in [0, 0.1) is 0 Å². The number of carbonyl (C=O) groups is 1. The molecule has 5 nitrogen and oxygen atoms in total. The van der Waals surface area contributed by atoms with Crippen LogP contribution in [0.15, 0.2) is 12.1 Å². The van der Waals surface area contributed by atoms with Gasteiger partial charge in [0.2, 0.25) is 0 Å². The first-order chi connectivity index (χ1) is 8.62. The van der Waals surface area contributed by atoms with Crippen LogP contribution in [0.4, 0.5) is 0 Å². The molecule has 0 heterocycles. The second-order valence-electron chi connectivity index (χ2n) is 3.59. The molecular formula is C12H17ClN2O3. The topological polar surface area (TPSA) is 59.6 Å². The number of carbonyl (C=O) groups excluding carboxylic acids is 1. The smallest absolute Gasteiger partial charge is 0.257 e. The van der Waals surface area contributed by atoms with Crippen molar-refractivity contribution in [1.82, 2.24) is 10.6 Å². The number of amides is 1. The number of benzene rings is 1. The Labute approximate surface area is 111 Å². The minimum absolute atomic E-state index is 0.0643. The Kier molecular flexibility index (Phi) is 5.74. The van der Waals surface area contributed by atoms with Gasteiger partial charge in [0.25, 0.3) is 5.91 Å². The third-order valence-corrected chi connectivity index (χ3v) is 2.53. The lowest BCUT2D eigenvalue weighted by Crippen LogP contribution is -2.25. The summed E-state index contributed by atoms with van der Waals surface area (Å²) in [4.78, 5) is 11.2. The van der Waals surface area contributed by atoms with E-state index in [1.807, 2.05) is 7.05 Å². The van der Waals surface area contributed by atoms with Gasteiger partial charge in [-0.15, -0.1) is 0 Å². The molecule has 0 unspecified atom stereocenters. The van der Waals surface area contributed by atoms with Crippen LogP contribution in [0.2, 0.25) is 5.02 Å². The molecule has 1 amide bonds. The minimum atomic E-state index is -0.206. The van der Waals surface area contributed by atoms with Crippen molar-refractivity contribution in [2.24, 2.45) is 0 Å². The summed E-state index contributed by atoms with van der Waals surface area (Å²) in [6.45, 7) is 0.505. The van der Waals surface area contributed by atoms with E-state index in [0.29, 0.717) is 23.1 Å². The Morgan fingerprint density at radius 3 is 2.67 bits per heavy atom. The maximum Gasteiger partial charge on any atom is 0.257 e. The highest BCUT2D eigenvalue weighted by atomic mass is 35.5. The quantitative estimate of drug-likeness (QED) is 0.817. The maximum absolute atomic E-state index is 11.2. The molecule has 1 aromatic carbocycles. The highest BCUT2D eigenvalue weighted by molar-refractivity contribution is 6.30. The number of ether oxygens (including phenoxy) is 2. The zero-order chi connectivity index (χ0) is 13.5. The average molecular weight is 273 g/mol. The highest BCUT2D eigenvalue weighted by Crippen LogP contribution is 2.34. The third-order valence-electron chi connectivity index (χ3n) is 2.31. The van der Waals surface area contributed by atoms with Gasteiger partial charge in [-0.05, 0) is 13.1 Å². The van der Waals surface area contributed by atoms with E-state index in [-0.39, 0.29) is 12.5 Å². The van der Waals surface area contributed by atoms with Crippen LogP contribution >= 0.6 is 11.6 Å². The van der Waals surface area contributed by atoms with Gasteiger partial charge >= 0.3 is 0 Å². The van der Waals surface area contributed by atoms with Crippen LogP contribution in [0.25, 0.3) is 0 Å². The second-order valence-corrected chi connectivity index (χ2v) is 4.02. The fourth-order valence-electron chi connectivity index (χ4n) is 1.47. The summed E-state index contributed by atoms with van der Waals surface area (Å²) in [5.41, 5.74) is 0.839. The zero-order valence-electron chi connectivity index (χ0n) is 10.7. The van der Waals surface area contributed by atoms with Crippen molar-refractivity contribution in [3.8, 4) is 11.5 Å². The van der Waals surface area contributed by atoms with E-state index in [1.165, 1.54) is 7.11 Å². The van der Waals surface area contributed by atoms with Crippen molar-refractivity contribution in [2.45, 2.75) is 6.54 Å². The van der Waals surface area contributed by atoms with E-state index in [0.717, 1.165) is 5.56 Å². The monoisotopic (exact) mass is 272 g/mol. The Hall–Kier alpha value is -1.46. The van der Waals surface area contributed by atoms with Crippen LogP contribution in [-0.4, -0.2) is 33.7 Å². The Morgan fingerprint density at radius 1 is 1.39 bits per heavy atom.